The van der Waals surface area contributed by atoms with Gasteiger partial charge in [-0.25, -0.2) is 8.78 Å². The van der Waals surface area contributed by atoms with E-state index in [0.717, 1.165) is 12.1 Å². The molecule has 1 amide bonds. The molecule has 3 aromatic rings. The lowest BCUT2D eigenvalue weighted by molar-refractivity contribution is -0.137. The second kappa shape index (κ2) is 10.1. The maximum absolute atomic E-state index is 14.0. The highest BCUT2D eigenvalue weighted by atomic mass is 19.4. The molecule has 0 fully saturated rings. The monoisotopic (exact) mass is 500 g/mol. The zero-order valence-electron chi connectivity index (χ0n) is 19.3. The molecule has 190 valence electrons. The Balaban J connectivity index is 1.87. The molecule has 2 heterocycles. The van der Waals surface area contributed by atoms with Crippen LogP contribution < -0.4 is 20.5 Å². The maximum Gasteiger partial charge on any atom is 0.389 e. The van der Waals surface area contributed by atoms with Gasteiger partial charge in [-0.3, -0.25) is 9.20 Å². The number of aryl methyl sites for hydroxylation is 1. The molecule has 0 saturated heterocycles. The van der Waals surface area contributed by atoms with Crippen LogP contribution in [0.3, 0.4) is 0 Å². The van der Waals surface area contributed by atoms with Gasteiger partial charge in [0.2, 0.25) is 5.88 Å². The van der Waals surface area contributed by atoms with Crippen LogP contribution >= 0.6 is 0 Å². The number of aromatic nitrogens is 2. The van der Waals surface area contributed by atoms with E-state index in [1.54, 1.807) is 19.2 Å². The number of carbonyl (C=O) groups is 1. The first-order chi connectivity index (χ1) is 16.3. The summed E-state index contributed by atoms with van der Waals surface area (Å²) < 4.78 is 77.9. The standard InChI is InChI=1S/C23H25F5N4O3/c1-13-9-17(35-11-14-15(24)5-4-6-16(14)25)19-31-21(34-3)18(32(19)10-13)20(33)30-12-22(2,29)7-8-23(26,27)28/h4-6,9-10H,7-8,11-12,29H2,1-3H3,(H,30,33). The highest BCUT2D eigenvalue weighted by Crippen LogP contribution is 2.29. The minimum absolute atomic E-state index is 0.0419. The third-order valence-electron chi connectivity index (χ3n) is 5.27. The van der Waals surface area contributed by atoms with Crippen LogP contribution in [0.2, 0.25) is 0 Å². The van der Waals surface area contributed by atoms with Crippen LogP contribution in [-0.4, -0.2) is 40.7 Å². The number of imidazole rings is 1. The van der Waals surface area contributed by atoms with Crippen molar-refractivity contribution >= 4 is 11.6 Å². The van der Waals surface area contributed by atoms with Crippen LogP contribution in [0.1, 0.15) is 41.4 Å². The third kappa shape index (κ3) is 6.38. The summed E-state index contributed by atoms with van der Waals surface area (Å²) in [7, 11) is 1.29. The zero-order chi connectivity index (χ0) is 26.0. The number of amides is 1. The number of benzene rings is 1. The van der Waals surface area contributed by atoms with Gasteiger partial charge in [-0.05, 0) is 44.0 Å². The van der Waals surface area contributed by atoms with Crippen LogP contribution in [0.25, 0.3) is 5.65 Å². The van der Waals surface area contributed by atoms with Crippen LogP contribution in [-0.2, 0) is 6.61 Å². The summed E-state index contributed by atoms with van der Waals surface area (Å²) in [5.41, 5.74) is 5.07. The van der Waals surface area contributed by atoms with E-state index < -0.39 is 42.3 Å². The van der Waals surface area contributed by atoms with Gasteiger partial charge in [0.05, 0.1) is 12.7 Å². The second-order valence-corrected chi connectivity index (χ2v) is 8.49. The number of rotatable bonds is 9. The van der Waals surface area contributed by atoms with Crippen molar-refractivity contribution in [2.24, 2.45) is 5.73 Å². The highest BCUT2D eigenvalue weighted by molar-refractivity contribution is 5.96. The Kier molecular flexibility index (Phi) is 7.53. The quantitative estimate of drug-likeness (QED) is 0.428. The number of methoxy groups -OCH3 is 1. The molecule has 35 heavy (non-hydrogen) atoms. The predicted octanol–water partition coefficient (Wildman–Crippen LogP) is 4.30. The van der Waals surface area contributed by atoms with E-state index in [2.05, 4.69) is 10.3 Å². The number of nitrogens with two attached hydrogens (primary N) is 1. The van der Waals surface area contributed by atoms with Crippen LogP contribution in [0.15, 0.2) is 30.5 Å². The van der Waals surface area contributed by atoms with Gasteiger partial charge in [0.15, 0.2) is 17.1 Å². The Labute approximate surface area is 198 Å². The molecule has 1 aromatic carbocycles. The Morgan fingerprint density at radius 2 is 1.86 bits per heavy atom. The summed E-state index contributed by atoms with van der Waals surface area (Å²) in [6.07, 6.45) is -4.27. The number of nitrogens with one attached hydrogen (secondary N) is 1. The molecule has 3 rings (SSSR count). The van der Waals surface area contributed by atoms with Gasteiger partial charge in [0.1, 0.15) is 18.2 Å². The van der Waals surface area contributed by atoms with Crippen molar-refractivity contribution in [2.75, 3.05) is 13.7 Å². The normalized spacial score (nSPS) is 13.5. The smallest absolute Gasteiger partial charge is 0.389 e. The Morgan fingerprint density at radius 3 is 2.46 bits per heavy atom. The summed E-state index contributed by atoms with van der Waals surface area (Å²) in [5, 5.41) is 2.53. The van der Waals surface area contributed by atoms with E-state index in [1.165, 1.54) is 24.5 Å². The molecule has 0 saturated carbocycles. The summed E-state index contributed by atoms with van der Waals surface area (Å²) in [6, 6.07) is 5.03. The second-order valence-electron chi connectivity index (χ2n) is 8.49. The topological polar surface area (TPSA) is 90.9 Å². The molecule has 2 aromatic heterocycles. The molecule has 0 aliphatic carbocycles. The summed E-state index contributed by atoms with van der Waals surface area (Å²) >= 11 is 0. The Bertz CT molecular complexity index is 1200. The van der Waals surface area contributed by atoms with Crippen molar-refractivity contribution in [3.05, 3.63) is 58.9 Å². The van der Waals surface area contributed by atoms with E-state index in [-0.39, 0.29) is 41.5 Å². The van der Waals surface area contributed by atoms with Crippen molar-refractivity contribution < 1.29 is 36.2 Å². The number of halogens is 5. The van der Waals surface area contributed by atoms with Crippen molar-refractivity contribution in [2.45, 2.75) is 45.0 Å². The number of hydrogen-bond donors (Lipinski definition) is 2. The zero-order valence-corrected chi connectivity index (χ0v) is 19.3. The fraction of sp³-hybridized carbons (Fsp3) is 0.391. The van der Waals surface area contributed by atoms with Gasteiger partial charge in [0.25, 0.3) is 5.91 Å². The molecule has 0 bridgehead atoms. The van der Waals surface area contributed by atoms with Gasteiger partial charge in [0, 0.05) is 24.7 Å². The van der Waals surface area contributed by atoms with Gasteiger partial charge in [-0.1, -0.05) is 6.07 Å². The average molecular weight is 500 g/mol. The molecule has 0 radical (unpaired) electrons. The van der Waals surface area contributed by atoms with Crippen molar-refractivity contribution in [1.29, 1.82) is 0 Å². The Morgan fingerprint density at radius 1 is 1.20 bits per heavy atom. The SMILES string of the molecule is COc1nc2c(OCc3c(F)cccc3F)cc(C)cn2c1C(=O)NCC(C)(N)CCC(F)(F)F. The van der Waals surface area contributed by atoms with Gasteiger partial charge in [-0.15, -0.1) is 0 Å². The van der Waals surface area contributed by atoms with Crippen LogP contribution in [0, 0.1) is 18.6 Å². The fourth-order valence-electron chi connectivity index (χ4n) is 3.38. The molecule has 7 nitrogen and oxygen atoms in total. The first-order valence-electron chi connectivity index (χ1n) is 10.6. The molecule has 1 unspecified atom stereocenters. The fourth-order valence-corrected chi connectivity index (χ4v) is 3.38. The molecule has 12 heteroatoms. The van der Waals surface area contributed by atoms with Gasteiger partial charge < -0.3 is 20.5 Å². The van der Waals surface area contributed by atoms with E-state index in [0.29, 0.717) is 5.56 Å². The number of nitrogens with zero attached hydrogens (tertiary/aromatic N) is 2. The number of alkyl halides is 3. The van der Waals surface area contributed by atoms with E-state index in [1.807, 2.05) is 0 Å². The number of carbonyl (C=O) groups excluding carboxylic acids is 1. The molecule has 0 aliphatic rings. The van der Waals surface area contributed by atoms with Crippen molar-refractivity contribution in [3.8, 4) is 11.6 Å². The van der Waals surface area contributed by atoms with Gasteiger partial charge >= 0.3 is 6.18 Å². The maximum atomic E-state index is 14.0. The first kappa shape index (κ1) is 26.2. The van der Waals surface area contributed by atoms with E-state index >= 15 is 0 Å². The molecule has 3 N–H and O–H groups in total. The van der Waals surface area contributed by atoms with Crippen LogP contribution in [0.4, 0.5) is 22.0 Å². The first-order valence-corrected chi connectivity index (χ1v) is 10.6. The lowest BCUT2D eigenvalue weighted by atomic mass is 9.97. The van der Waals surface area contributed by atoms with E-state index in [9.17, 15) is 26.7 Å². The number of ether oxygens (including phenoxy) is 2. The third-order valence-corrected chi connectivity index (χ3v) is 5.27. The van der Waals surface area contributed by atoms with E-state index in [4.69, 9.17) is 15.2 Å². The largest absolute Gasteiger partial charge is 0.485 e. The number of pyridine rings is 1. The minimum Gasteiger partial charge on any atom is -0.485 e. The number of hydrogen-bond acceptors (Lipinski definition) is 5. The average Bonchev–Trinajstić information content (AvgIpc) is 3.14. The predicted molar refractivity (Wildman–Crippen MR) is 117 cm³/mol. The summed E-state index contributed by atoms with van der Waals surface area (Å²) in [6.45, 7) is 2.44. The molecule has 1 atom stereocenters. The van der Waals surface area contributed by atoms with Crippen LogP contribution in [0.5, 0.6) is 11.6 Å². The molecular formula is C23H25F5N4O3. The number of fused-ring (bicyclic) bond motifs is 1. The molecule has 0 aliphatic heterocycles. The van der Waals surface area contributed by atoms with Crippen molar-refractivity contribution in [3.63, 3.8) is 0 Å². The van der Waals surface area contributed by atoms with Crippen molar-refractivity contribution in [1.82, 2.24) is 14.7 Å². The molecular weight excluding hydrogens is 475 g/mol. The molecule has 0 spiro atoms. The van der Waals surface area contributed by atoms with Gasteiger partial charge in [-0.2, -0.15) is 18.2 Å². The lowest BCUT2D eigenvalue weighted by Gasteiger charge is -2.25. The Hall–Kier alpha value is -3.41. The summed E-state index contributed by atoms with van der Waals surface area (Å²) in [4.78, 5) is 17.2. The lowest BCUT2D eigenvalue weighted by Crippen LogP contribution is -2.48. The summed E-state index contributed by atoms with van der Waals surface area (Å²) in [5.74, 6) is -2.17. The minimum atomic E-state index is -4.37. The highest BCUT2D eigenvalue weighted by Gasteiger charge is 2.32.